The molecule has 0 aliphatic carbocycles. The third-order valence-corrected chi connectivity index (χ3v) is 4.74. The molecule has 0 bridgehead atoms. The third kappa shape index (κ3) is 3.29. The summed E-state index contributed by atoms with van der Waals surface area (Å²) in [6.45, 7) is 1.78. The van der Waals surface area contributed by atoms with Crippen LogP contribution in [-0.4, -0.2) is 41.6 Å². The minimum absolute atomic E-state index is 0.00939. The topological polar surface area (TPSA) is 65.4 Å². The van der Waals surface area contributed by atoms with Gasteiger partial charge in [0.2, 0.25) is 5.91 Å². The van der Waals surface area contributed by atoms with Gasteiger partial charge >= 0.3 is 0 Å². The van der Waals surface area contributed by atoms with E-state index >= 15 is 0 Å². The second-order valence-corrected chi connectivity index (χ2v) is 6.40. The Labute approximate surface area is 144 Å². The summed E-state index contributed by atoms with van der Waals surface area (Å²) < 4.78 is 26.0. The van der Waals surface area contributed by atoms with Crippen LogP contribution in [0.25, 0.3) is 5.69 Å². The van der Waals surface area contributed by atoms with E-state index in [1.807, 2.05) is 6.07 Å². The van der Waals surface area contributed by atoms with Crippen LogP contribution in [0.4, 0.5) is 4.39 Å². The average molecular weight is 345 g/mol. The Kier molecular flexibility index (Phi) is 4.50. The predicted octanol–water partition coefficient (Wildman–Crippen LogP) is 1.99. The van der Waals surface area contributed by atoms with Crippen LogP contribution in [0, 0.1) is 11.7 Å². The molecule has 132 valence electrons. The van der Waals surface area contributed by atoms with Crippen LogP contribution in [-0.2, 0) is 14.3 Å². The molecule has 2 aliphatic heterocycles. The average Bonchev–Trinajstić information content (AvgIpc) is 3.36. The zero-order valence-corrected chi connectivity index (χ0v) is 13.7. The van der Waals surface area contributed by atoms with Crippen molar-refractivity contribution < 1.29 is 18.7 Å². The van der Waals surface area contributed by atoms with Crippen molar-refractivity contribution in [1.29, 1.82) is 0 Å². The van der Waals surface area contributed by atoms with Gasteiger partial charge in [-0.3, -0.25) is 4.79 Å². The van der Waals surface area contributed by atoms with Crippen LogP contribution in [0.3, 0.4) is 0 Å². The Balaban J connectivity index is 1.55. The van der Waals surface area contributed by atoms with Gasteiger partial charge in [0.25, 0.3) is 0 Å². The number of nitrogens with one attached hydrogen (secondary N) is 1. The highest BCUT2D eigenvalue weighted by atomic mass is 19.1. The molecule has 4 rings (SSSR count). The fourth-order valence-electron chi connectivity index (χ4n) is 3.43. The Bertz CT molecular complexity index is 740. The lowest BCUT2D eigenvalue weighted by Gasteiger charge is -2.21. The number of carbonyl (C=O) groups is 1. The number of hydrogen-bond donors (Lipinski definition) is 1. The van der Waals surface area contributed by atoms with Gasteiger partial charge in [0.15, 0.2) is 0 Å². The largest absolute Gasteiger partial charge is 0.379 e. The van der Waals surface area contributed by atoms with Crippen molar-refractivity contribution in [2.45, 2.75) is 25.0 Å². The van der Waals surface area contributed by atoms with Gasteiger partial charge in [-0.2, -0.15) is 5.10 Å². The lowest BCUT2D eigenvalue weighted by atomic mass is 9.97. The van der Waals surface area contributed by atoms with Crippen LogP contribution < -0.4 is 5.32 Å². The SMILES string of the molecule is O=C(NC1CCOC1)[C@H]1CCO[C@@H]1c1ccnn1-c1ccc(F)cc1. The molecule has 2 saturated heterocycles. The first kappa shape index (κ1) is 16.2. The van der Waals surface area contributed by atoms with Crippen LogP contribution in [0.15, 0.2) is 36.5 Å². The number of ether oxygens (including phenoxy) is 2. The zero-order chi connectivity index (χ0) is 17.2. The minimum atomic E-state index is -0.366. The van der Waals surface area contributed by atoms with E-state index in [1.54, 1.807) is 23.0 Å². The standard InChI is InChI=1S/C18H20FN3O3/c19-12-1-3-14(4-2-12)22-16(5-8-20-22)17-15(7-10-25-17)18(23)21-13-6-9-24-11-13/h1-5,8,13,15,17H,6-7,9-11H2,(H,21,23)/t13?,15-,17-/m0/s1. The molecule has 7 heteroatoms. The van der Waals surface area contributed by atoms with Gasteiger partial charge in [0.05, 0.1) is 29.9 Å². The van der Waals surface area contributed by atoms with Crippen molar-refractivity contribution in [2.75, 3.05) is 19.8 Å². The van der Waals surface area contributed by atoms with E-state index in [2.05, 4.69) is 10.4 Å². The lowest BCUT2D eigenvalue weighted by Crippen LogP contribution is -2.40. The summed E-state index contributed by atoms with van der Waals surface area (Å²) in [7, 11) is 0. The number of rotatable bonds is 4. The Hall–Kier alpha value is -2.25. The van der Waals surface area contributed by atoms with E-state index in [9.17, 15) is 9.18 Å². The molecule has 1 amide bonds. The molecule has 1 aromatic carbocycles. The smallest absolute Gasteiger partial charge is 0.226 e. The first-order chi connectivity index (χ1) is 12.2. The highest BCUT2D eigenvalue weighted by Crippen LogP contribution is 2.35. The normalized spacial score (nSPS) is 26.0. The Morgan fingerprint density at radius 3 is 2.80 bits per heavy atom. The number of carbonyl (C=O) groups excluding carboxylic acids is 1. The summed E-state index contributed by atoms with van der Waals surface area (Å²) in [4.78, 5) is 12.7. The molecule has 2 aliphatic rings. The minimum Gasteiger partial charge on any atom is -0.379 e. The molecule has 6 nitrogen and oxygen atoms in total. The molecule has 0 radical (unpaired) electrons. The van der Waals surface area contributed by atoms with Crippen LogP contribution in [0.1, 0.15) is 24.6 Å². The number of nitrogens with zero attached hydrogens (tertiary/aromatic N) is 2. The van der Waals surface area contributed by atoms with Crippen molar-refractivity contribution in [3.05, 3.63) is 48.0 Å². The summed E-state index contributed by atoms with van der Waals surface area (Å²) in [5, 5.41) is 7.38. The van der Waals surface area contributed by atoms with Gasteiger partial charge in [0.1, 0.15) is 11.9 Å². The fourth-order valence-corrected chi connectivity index (χ4v) is 3.43. The molecule has 1 N–H and O–H groups in total. The van der Waals surface area contributed by atoms with Gasteiger partial charge in [-0.1, -0.05) is 0 Å². The van der Waals surface area contributed by atoms with Crippen molar-refractivity contribution in [3.8, 4) is 5.69 Å². The Morgan fingerprint density at radius 2 is 2.04 bits per heavy atom. The summed E-state index contributed by atoms with van der Waals surface area (Å²) in [5.74, 6) is -0.577. The highest BCUT2D eigenvalue weighted by molar-refractivity contribution is 5.80. The third-order valence-electron chi connectivity index (χ3n) is 4.74. The molecule has 0 saturated carbocycles. The van der Waals surface area contributed by atoms with Gasteiger partial charge in [-0.25, -0.2) is 9.07 Å². The van der Waals surface area contributed by atoms with E-state index in [0.717, 1.165) is 17.8 Å². The molecular weight excluding hydrogens is 325 g/mol. The molecule has 3 heterocycles. The maximum atomic E-state index is 13.2. The van der Waals surface area contributed by atoms with Crippen molar-refractivity contribution in [2.24, 2.45) is 5.92 Å². The highest BCUT2D eigenvalue weighted by Gasteiger charge is 2.38. The van der Waals surface area contributed by atoms with Gasteiger partial charge < -0.3 is 14.8 Å². The molecule has 2 aromatic rings. The van der Waals surface area contributed by atoms with Crippen LogP contribution in [0.5, 0.6) is 0 Å². The first-order valence-corrected chi connectivity index (χ1v) is 8.52. The monoisotopic (exact) mass is 345 g/mol. The zero-order valence-electron chi connectivity index (χ0n) is 13.7. The maximum Gasteiger partial charge on any atom is 0.226 e. The predicted molar refractivity (Wildman–Crippen MR) is 87.7 cm³/mol. The van der Waals surface area contributed by atoms with Gasteiger partial charge in [-0.15, -0.1) is 0 Å². The molecule has 0 spiro atoms. The fraction of sp³-hybridized carbons (Fsp3) is 0.444. The van der Waals surface area contributed by atoms with E-state index in [1.165, 1.54) is 12.1 Å². The molecule has 3 atom stereocenters. The number of aromatic nitrogens is 2. The molecule has 1 aromatic heterocycles. The molecule has 1 unspecified atom stereocenters. The molecular formula is C18H20FN3O3. The van der Waals surface area contributed by atoms with Gasteiger partial charge in [0, 0.05) is 19.4 Å². The number of benzene rings is 1. The summed E-state index contributed by atoms with van der Waals surface area (Å²) in [6, 6.07) is 8.02. The summed E-state index contributed by atoms with van der Waals surface area (Å²) in [6.07, 6.45) is 2.81. The lowest BCUT2D eigenvalue weighted by molar-refractivity contribution is -0.127. The van der Waals surface area contributed by atoms with E-state index in [-0.39, 0.29) is 29.8 Å². The van der Waals surface area contributed by atoms with Crippen molar-refractivity contribution in [3.63, 3.8) is 0 Å². The van der Waals surface area contributed by atoms with Crippen molar-refractivity contribution >= 4 is 5.91 Å². The number of hydrogen-bond acceptors (Lipinski definition) is 4. The van der Waals surface area contributed by atoms with Crippen LogP contribution in [0.2, 0.25) is 0 Å². The maximum absolute atomic E-state index is 13.2. The van der Waals surface area contributed by atoms with Gasteiger partial charge in [-0.05, 0) is 43.2 Å². The molecule has 25 heavy (non-hydrogen) atoms. The number of amides is 1. The Morgan fingerprint density at radius 1 is 1.20 bits per heavy atom. The summed E-state index contributed by atoms with van der Waals surface area (Å²) >= 11 is 0. The van der Waals surface area contributed by atoms with Crippen molar-refractivity contribution in [1.82, 2.24) is 15.1 Å². The first-order valence-electron chi connectivity index (χ1n) is 8.52. The van der Waals surface area contributed by atoms with E-state index in [4.69, 9.17) is 9.47 Å². The van der Waals surface area contributed by atoms with E-state index < -0.39 is 0 Å². The molecule has 2 fully saturated rings. The quantitative estimate of drug-likeness (QED) is 0.920. The second-order valence-electron chi connectivity index (χ2n) is 6.40. The second kappa shape index (κ2) is 6.93. The van der Waals surface area contributed by atoms with E-state index in [0.29, 0.717) is 26.2 Å². The van der Waals surface area contributed by atoms with Crippen LogP contribution >= 0.6 is 0 Å². The number of halogens is 1. The summed E-state index contributed by atoms with van der Waals surface area (Å²) in [5.41, 5.74) is 1.53.